The number of methoxy groups -OCH3 is 1. The molecule has 13 heteroatoms. The zero-order valence-electron chi connectivity index (χ0n) is 15.2. The lowest BCUT2D eigenvalue weighted by Crippen LogP contribution is -2.41. The van der Waals surface area contributed by atoms with Crippen LogP contribution in [0.25, 0.3) is 0 Å². The molecule has 1 fully saturated rings. The van der Waals surface area contributed by atoms with Crippen LogP contribution in [-0.2, 0) is 4.74 Å². The summed E-state index contributed by atoms with van der Waals surface area (Å²) in [6, 6.07) is 3.66. The number of anilines is 1. The maximum Gasteiger partial charge on any atom is 0.351 e. The number of carbonyl (C=O) groups is 1. The lowest BCUT2D eigenvalue weighted by Gasteiger charge is -2.21. The van der Waals surface area contributed by atoms with E-state index in [0.717, 1.165) is 12.3 Å². The molecule has 0 saturated carbocycles. The van der Waals surface area contributed by atoms with Crippen molar-refractivity contribution in [1.29, 1.82) is 0 Å². The van der Waals surface area contributed by atoms with Gasteiger partial charge in [-0.3, -0.25) is 9.36 Å². The van der Waals surface area contributed by atoms with Crippen molar-refractivity contribution in [3.05, 3.63) is 50.5 Å². The molecule has 0 spiro atoms. The minimum atomic E-state index is -3.85. The number of carbonyl (C=O) groups excluding carboxylic acids is 1. The first-order valence-electron chi connectivity index (χ1n) is 8.36. The average molecular weight is 466 g/mol. The first kappa shape index (κ1) is 22.4. The highest BCUT2D eigenvalue weighted by Crippen LogP contribution is 2.42. The Balaban J connectivity index is 1.83. The minimum Gasteiger partial charge on any atom is -0.494 e. The van der Waals surface area contributed by atoms with Gasteiger partial charge in [-0.15, -0.1) is 0 Å². The lowest BCUT2D eigenvalue weighted by atomic mass is 10.1. The second-order valence-corrected chi connectivity index (χ2v) is 7.07. The smallest absolute Gasteiger partial charge is 0.351 e. The van der Waals surface area contributed by atoms with Crippen molar-refractivity contribution in [2.24, 2.45) is 0 Å². The summed E-state index contributed by atoms with van der Waals surface area (Å²) >= 11 is 12.0. The standard InChI is InChI=1S/C17H15Cl2F2N3O6/c1-29-12-8(18)4-7(5-9(12)19)14(27)22-11-2-3-24(16(28)23-11)15-17(20,21)13(26)10(6-25)30-15/h2-5,10,13,15,25-26H,6H2,1H3,(H,22,23,27,28)/t10-,13-,15?/m1/s1. The zero-order chi connectivity index (χ0) is 22.2. The third-order valence-electron chi connectivity index (χ3n) is 4.35. The largest absolute Gasteiger partial charge is 0.494 e. The molecular formula is C17H15Cl2F2N3O6. The molecule has 1 unspecified atom stereocenters. The van der Waals surface area contributed by atoms with Crippen LogP contribution in [0.5, 0.6) is 5.75 Å². The van der Waals surface area contributed by atoms with Gasteiger partial charge in [-0.1, -0.05) is 23.2 Å². The monoisotopic (exact) mass is 465 g/mol. The van der Waals surface area contributed by atoms with Crippen LogP contribution in [-0.4, -0.2) is 57.5 Å². The summed E-state index contributed by atoms with van der Waals surface area (Å²) in [7, 11) is 1.35. The summed E-state index contributed by atoms with van der Waals surface area (Å²) in [5, 5.41) is 21.1. The van der Waals surface area contributed by atoms with Gasteiger partial charge >= 0.3 is 11.6 Å². The number of benzene rings is 1. The van der Waals surface area contributed by atoms with Gasteiger partial charge in [0.25, 0.3) is 5.91 Å². The predicted molar refractivity (Wildman–Crippen MR) is 101 cm³/mol. The molecule has 30 heavy (non-hydrogen) atoms. The van der Waals surface area contributed by atoms with E-state index in [2.05, 4.69) is 10.3 Å². The van der Waals surface area contributed by atoms with E-state index in [0.29, 0.717) is 4.57 Å². The summed E-state index contributed by atoms with van der Waals surface area (Å²) in [5.41, 5.74) is -1.13. The highest BCUT2D eigenvalue weighted by atomic mass is 35.5. The first-order chi connectivity index (χ1) is 14.1. The van der Waals surface area contributed by atoms with E-state index < -0.39 is 42.6 Å². The van der Waals surface area contributed by atoms with Crippen molar-refractivity contribution in [2.75, 3.05) is 19.0 Å². The van der Waals surface area contributed by atoms with Crippen molar-refractivity contribution >= 4 is 34.9 Å². The van der Waals surface area contributed by atoms with Crippen molar-refractivity contribution in [3.8, 4) is 5.75 Å². The fourth-order valence-electron chi connectivity index (χ4n) is 2.85. The Kier molecular flexibility index (Phi) is 6.29. The van der Waals surface area contributed by atoms with E-state index in [1.54, 1.807) is 0 Å². The molecule has 1 aliphatic heterocycles. The number of aromatic nitrogens is 2. The minimum absolute atomic E-state index is 0.0383. The molecule has 162 valence electrons. The van der Waals surface area contributed by atoms with E-state index in [-0.39, 0.29) is 27.2 Å². The number of nitrogens with one attached hydrogen (secondary N) is 1. The van der Waals surface area contributed by atoms with Gasteiger partial charge in [-0.25, -0.2) is 4.79 Å². The summed E-state index contributed by atoms with van der Waals surface area (Å²) in [6.07, 6.45) is -5.12. The number of halogens is 4. The Bertz CT molecular complexity index is 1010. The molecule has 1 amide bonds. The number of rotatable bonds is 5. The highest BCUT2D eigenvalue weighted by molar-refractivity contribution is 6.37. The molecule has 1 aliphatic rings. The van der Waals surface area contributed by atoms with Crippen LogP contribution in [0.4, 0.5) is 14.6 Å². The van der Waals surface area contributed by atoms with E-state index >= 15 is 0 Å². The van der Waals surface area contributed by atoms with Gasteiger partial charge in [0, 0.05) is 11.8 Å². The highest BCUT2D eigenvalue weighted by Gasteiger charge is 2.59. The summed E-state index contributed by atoms with van der Waals surface area (Å²) in [5.74, 6) is -4.62. The number of ether oxygens (including phenoxy) is 2. The number of hydrogen-bond acceptors (Lipinski definition) is 7. The molecule has 1 aromatic carbocycles. The maximum atomic E-state index is 14.2. The van der Waals surface area contributed by atoms with E-state index in [1.165, 1.54) is 19.2 Å². The third-order valence-corrected chi connectivity index (χ3v) is 4.91. The summed E-state index contributed by atoms with van der Waals surface area (Å²) in [4.78, 5) is 28.1. The van der Waals surface area contributed by atoms with Crippen molar-refractivity contribution in [3.63, 3.8) is 0 Å². The fourth-order valence-corrected chi connectivity index (χ4v) is 3.50. The second kappa shape index (κ2) is 8.44. The van der Waals surface area contributed by atoms with Crippen molar-refractivity contribution in [2.45, 2.75) is 24.4 Å². The fraction of sp³-hybridized carbons (Fsp3) is 0.353. The summed E-state index contributed by atoms with van der Waals surface area (Å²) < 4.78 is 38.7. The Hall–Kier alpha value is -2.31. The first-order valence-corrected chi connectivity index (χ1v) is 9.11. The molecule has 3 atom stereocenters. The number of hydrogen-bond donors (Lipinski definition) is 3. The SMILES string of the molecule is COc1c(Cl)cc(C(=O)Nc2ccn(C3O[C@H](CO)[C@@H](O)C3(F)F)c(=O)n2)cc1Cl. The predicted octanol–water partition coefficient (Wildman–Crippen LogP) is 1.70. The molecule has 9 nitrogen and oxygen atoms in total. The van der Waals surface area contributed by atoms with E-state index in [1.807, 2.05) is 0 Å². The van der Waals surface area contributed by atoms with Crippen LogP contribution in [0.3, 0.4) is 0 Å². The Morgan fingerprint density at radius 2 is 2.03 bits per heavy atom. The Labute approximate surface area is 177 Å². The van der Waals surface area contributed by atoms with Crippen LogP contribution in [0.2, 0.25) is 10.0 Å². The molecule has 2 heterocycles. The molecule has 3 rings (SSSR count). The van der Waals surface area contributed by atoms with Gasteiger partial charge in [-0.05, 0) is 18.2 Å². The van der Waals surface area contributed by atoms with Crippen molar-refractivity contribution < 1.29 is 33.3 Å². The quantitative estimate of drug-likeness (QED) is 0.613. The number of amides is 1. The molecular weight excluding hydrogens is 451 g/mol. The average Bonchev–Trinajstić information content (AvgIpc) is 2.91. The Morgan fingerprint density at radius 1 is 1.40 bits per heavy atom. The van der Waals surface area contributed by atoms with Crippen LogP contribution < -0.4 is 15.7 Å². The van der Waals surface area contributed by atoms with Gasteiger partial charge in [0.15, 0.2) is 11.9 Å². The number of aliphatic hydroxyl groups excluding tert-OH is 2. The van der Waals surface area contributed by atoms with Crippen LogP contribution in [0.1, 0.15) is 16.6 Å². The lowest BCUT2D eigenvalue weighted by molar-refractivity contribution is -0.140. The number of aliphatic hydroxyl groups is 2. The maximum absolute atomic E-state index is 14.2. The molecule has 0 bridgehead atoms. The number of alkyl halides is 2. The third kappa shape index (κ3) is 3.98. The second-order valence-electron chi connectivity index (χ2n) is 6.26. The Morgan fingerprint density at radius 3 is 2.53 bits per heavy atom. The zero-order valence-corrected chi connectivity index (χ0v) is 16.7. The normalized spacial score (nSPS) is 22.7. The molecule has 0 radical (unpaired) electrons. The van der Waals surface area contributed by atoms with Gasteiger partial charge < -0.3 is 25.0 Å². The van der Waals surface area contributed by atoms with Crippen LogP contribution in [0, 0.1) is 0 Å². The van der Waals surface area contributed by atoms with Gasteiger partial charge in [0.05, 0.1) is 23.8 Å². The van der Waals surface area contributed by atoms with Crippen LogP contribution in [0.15, 0.2) is 29.2 Å². The van der Waals surface area contributed by atoms with Gasteiger partial charge in [-0.2, -0.15) is 13.8 Å². The van der Waals surface area contributed by atoms with Crippen molar-refractivity contribution in [1.82, 2.24) is 9.55 Å². The molecule has 1 saturated heterocycles. The molecule has 1 aromatic heterocycles. The van der Waals surface area contributed by atoms with Crippen LogP contribution >= 0.6 is 23.2 Å². The van der Waals surface area contributed by atoms with Gasteiger partial charge in [0.1, 0.15) is 11.9 Å². The summed E-state index contributed by atoms with van der Waals surface area (Å²) in [6.45, 7) is -0.865. The van der Waals surface area contributed by atoms with E-state index in [9.17, 15) is 23.5 Å². The number of nitrogens with zero attached hydrogens (tertiary/aromatic N) is 2. The van der Waals surface area contributed by atoms with E-state index in [4.69, 9.17) is 37.8 Å². The molecule has 3 N–H and O–H groups in total. The molecule has 2 aromatic rings. The molecule has 0 aliphatic carbocycles. The topological polar surface area (TPSA) is 123 Å². The van der Waals surface area contributed by atoms with Gasteiger partial charge in [0.2, 0.25) is 6.23 Å².